The summed E-state index contributed by atoms with van der Waals surface area (Å²) in [5, 5.41) is 3.28. The first-order valence-corrected chi connectivity index (χ1v) is 6.81. The summed E-state index contributed by atoms with van der Waals surface area (Å²) in [6, 6.07) is 4.96. The van der Waals surface area contributed by atoms with Crippen LogP contribution in [0, 0.1) is 0 Å². The predicted octanol–water partition coefficient (Wildman–Crippen LogP) is 3.28. The van der Waals surface area contributed by atoms with Crippen LogP contribution < -0.4 is 10.2 Å². The third kappa shape index (κ3) is 2.90. The molecule has 0 saturated carbocycles. The van der Waals surface area contributed by atoms with Crippen molar-refractivity contribution < 1.29 is 0 Å². The lowest BCUT2D eigenvalue weighted by atomic mass is 10.00. The van der Waals surface area contributed by atoms with Gasteiger partial charge in [0.25, 0.3) is 0 Å². The molecule has 0 radical (unpaired) electrons. The highest BCUT2D eigenvalue weighted by atomic mass is 15.2. The Balaban J connectivity index is 2.09. The summed E-state index contributed by atoms with van der Waals surface area (Å²) in [7, 11) is 0. The number of aromatic nitrogens is 1. The minimum atomic E-state index is 0.682. The predicted molar refractivity (Wildman–Crippen MR) is 73.7 cm³/mol. The van der Waals surface area contributed by atoms with Crippen molar-refractivity contribution in [3.05, 3.63) is 18.3 Å². The first-order valence-electron chi connectivity index (χ1n) is 6.81. The fourth-order valence-corrected chi connectivity index (χ4v) is 2.59. The zero-order valence-electron chi connectivity index (χ0n) is 10.9. The Morgan fingerprint density at radius 1 is 1.35 bits per heavy atom. The molecule has 1 N–H and O–H groups in total. The van der Waals surface area contributed by atoms with E-state index in [1.165, 1.54) is 25.7 Å². The van der Waals surface area contributed by atoms with Gasteiger partial charge in [0, 0.05) is 19.1 Å². The molecule has 2 heterocycles. The van der Waals surface area contributed by atoms with Crippen molar-refractivity contribution in [2.45, 2.75) is 45.6 Å². The van der Waals surface area contributed by atoms with Crippen LogP contribution in [0.25, 0.3) is 0 Å². The number of anilines is 2. The van der Waals surface area contributed by atoms with Crippen molar-refractivity contribution in [2.75, 3.05) is 23.3 Å². The van der Waals surface area contributed by atoms with E-state index >= 15 is 0 Å². The average molecular weight is 233 g/mol. The molecule has 0 bridgehead atoms. The molecule has 0 aliphatic carbocycles. The molecule has 3 nitrogen and oxygen atoms in total. The summed E-state index contributed by atoms with van der Waals surface area (Å²) in [6.07, 6.45) is 7.14. The summed E-state index contributed by atoms with van der Waals surface area (Å²) < 4.78 is 0. The molecular weight excluding hydrogens is 210 g/mol. The fourth-order valence-electron chi connectivity index (χ4n) is 2.59. The van der Waals surface area contributed by atoms with Crippen molar-refractivity contribution >= 4 is 11.5 Å². The minimum absolute atomic E-state index is 0.682. The van der Waals surface area contributed by atoms with Gasteiger partial charge >= 0.3 is 0 Å². The second-order valence-corrected chi connectivity index (χ2v) is 4.69. The van der Waals surface area contributed by atoms with Crippen LogP contribution in [0.2, 0.25) is 0 Å². The van der Waals surface area contributed by atoms with E-state index in [2.05, 4.69) is 41.2 Å². The van der Waals surface area contributed by atoms with Gasteiger partial charge in [-0.3, -0.25) is 0 Å². The first kappa shape index (κ1) is 12.2. The van der Waals surface area contributed by atoms with Gasteiger partial charge in [0.15, 0.2) is 0 Å². The van der Waals surface area contributed by atoms with Crippen molar-refractivity contribution in [3.63, 3.8) is 0 Å². The van der Waals surface area contributed by atoms with Gasteiger partial charge in [0.2, 0.25) is 0 Å². The van der Waals surface area contributed by atoms with E-state index in [9.17, 15) is 0 Å². The van der Waals surface area contributed by atoms with Gasteiger partial charge in [-0.25, -0.2) is 4.98 Å². The summed E-state index contributed by atoms with van der Waals surface area (Å²) in [5.41, 5.74) is 1.11. The van der Waals surface area contributed by atoms with Crippen LogP contribution in [0.5, 0.6) is 0 Å². The normalized spacial score (nSPS) is 20.4. The van der Waals surface area contributed by atoms with Crippen LogP contribution in [0.4, 0.5) is 11.5 Å². The Labute approximate surface area is 104 Å². The van der Waals surface area contributed by atoms with Crippen LogP contribution in [0.15, 0.2) is 18.3 Å². The molecule has 1 aliphatic rings. The van der Waals surface area contributed by atoms with Gasteiger partial charge in [-0.15, -0.1) is 0 Å². The number of hydrogen-bond donors (Lipinski definition) is 1. The largest absolute Gasteiger partial charge is 0.384 e. The molecule has 0 aromatic carbocycles. The molecule has 2 rings (SSSR count). The zero-order chi connectivity index (χ0) is 12.1. The first-order chi connectivity index (χ1) is 8.35. The molecule has 0 amide bonds. The third-order valence-corrected chi connectivity index (χ3v) is 3.52. The van der Waals surface area contributed by atoms with E-state index < -0.39 is 0 Å². The molecule has 17 heavy (non-hydrogen) atoms. The van der Waals surface area contributed by atoms with E-state index in [0.29, 0.717) is 6.04 Å². The van der Waals surface area contributed by atoms with Gasteiger partial charge < -0.3 is 10.2 Å². The highest BCUT2D eigenvalue weighted by Crippen LogP contribution is 2.25. The molecule has 0 spiro atoms. The maximum absolute atomic E-state index is 4.58. The Hall–Kier alpha value is -1.25. The summed E-state index contributed by atoms with van der Waals surface area (Å²) in [4.78, 5) is 7.05. The minimum Gasteiger partial charge on any atom is -0.384 e. The number of nitrogens with zero attached hydrogens (tertiary/aromatic N) is 2. The molecule has 94 valence electrons. The Morgan fingerprint density at radius 2 is 2.24 bits per heavy atom. The quantitative estimate of drug-likeness (QED) is 0.865. The van der Waals surface area contributed by atoms with Gasteiger partial charge in [-0.2, -0.15) is 0 Å². The van der Waals surface area contributed by atoms with Gasteiger partial charge in [0.1, 0.15) is 5.82 Å². The van der Waals surface area contributed by atoms with Crippen LogP contribution >= 0.6 is 0 Å². The molecule has 1 saturated heterocycles. The van der Waals surface area contributed by atoms with Crippen LogP contribution in [0.3, 0.4) is 0 Å². The molecule has 3 heteroatoms. The topological polar surface area (TPSA) is 28.2 Å². The summed E-state index contributed by atoms with van der Waals surface area (Å²) in [6.45, 7) is 6.48. The van der Waals surface area contributed by atoms with E-state index in [1.54, 1.807) is 0 Å². The summed E-state index contributed by atoms with van der Waals surface area (Å²) >= 11 is 0. The Morgan fingerprint density at radius 3 is 2.88 bits per heavy atom. The summed E-state index contributed by atoms with van der Waals surface area (Å²) in [5.74, 6) is 1.14. The molecule has 1 unspecified atom stereocenters. The Bertz CT molecular complexity index is 334. The van der Waals surface area contributed by atoms with Gasteiger partial charge in [0.05, 0.1) is 11.9 Å². The molecule has 1 aromatic heterocycles. The molecule has 1 aromatic rings. The number of rotatable bonds is 4. The third-order valence-electron chi connectivity index (χ3n) is 3.52. The van der Waals surface area contributed by atoms with E-state index in [4.69, 9.17) is 0 Å². The van der Waals surface area contributed by atoms with Gasteiger partial charge in [-0.05, 0) is 44.7 Å². The lowest BCUT2D eigenvalue weighted by molar-refractivity contribution is 0.447. The van der Waals surface area contributed by atoms with Crippen molar-refractivity contribution in [1.82, 2.24) is 4.98 Å². The highest BCUT2D eigenvalue weighted by Gasteiger charge is 2.21. The number of pyridine rings is 1. The van der Waals surface area contributed by atoms with Crippen molar-refractivity contribution in [2.24, 2.45) is 0 Å². The zero-order valence-corrected chi connectivity index (χ0v) is 10.9. The average Bonchev–Trinajstić information content (AvgIpc) is 2.40. The van der Waals surface area contributed by atoms with Crippen LogP contribution in [-0.4, -0.2) is 24.1 Å². The van der Waals surface area contributed by atoms with Crippen LogP contribution in [0.1, 0.15) is 39.5 Å². The SMILES string of the molecule is CCNc1ccc(N2CCCCC2CC)nc1. The fraction of sp³-hybridized carbons (Fsp3) is 0.643. The van der Waals surface area contributed by atoms with E-state index in [1.807, 2.05) is 6.20 Å². The van der Waals surface area contributed by atoms with Crippen LogP contribution in [-0.2, 0) is 0 Å². The molecule has 1 aliphatic heterocycles. The number of piperidine rings is 1. The smallest absolute Gasteiger partial charge is 0.128 e. The van der Waals surface area contributed by atoms with Crippen molar-refractivity contribution in [1.29, 1.82) is 0 Å². The monoisotopic (exact) mass is 233 g/mol. The molecule has 1 atom stereocenters. The highest BCUT2D eigenvalue weighted by molar-refractivity contribution is 5.49. The van der Waals surface area contributed by atoms with E-state index in [-0.39, 0.29) is 0 Å². The second-order valence-electron chi connectivity index (χ2n) is 4.69. The van der Waals surface area contributed by atoms with E-state index in [0.717, 1.165) is 24.6 Å². The van der Waals surface area contributed by atoms with Crippen molar-refractivity contribution in [3.8, 4) is 0 Å². The Kier molecular flexibility index (Phi) is 4.24. The maximum Gasteiger partial charge on any atom is 0.128 e. The standard InChI is InChI=1S/C14H23N3/c1-3-13-7-5-6-10-17(13)14-9-8-12(11-16-14)15-4-2/h8-9,11,13,15H,3-7,10H2,1-2H3. The number of hydrogen-bond acceptors (Lipinski definition) is 3. The second kappa shape index (κ2) is 5.89. The lowest BCUT2D eigenvalue weighted by Crippen LogP contribution is -2.39. The molecule has 1 fully saturated rings. The lowest BCUT2D eigenvalue weighted by Gasteiger charge is -2.36. The number of nitrogens with one attached hydrogen (secondary N) is 1. The maximum atomic E-state index is 4.58. The molecular formula is C14H23N3. The van der Waals surface area contributed by atoms with Gasteiger partial charge in [-0.1, -0.05) is 6.92 Å².